The zero-order valence-electron chi connectivity index (χ0n) is 8.88. The summed E-state index contributed by atoms with van der Waals surface area (Å²) >= 11 is 0. The van der Waals surface area contributed by atoms with Gasteiger partial charge in [0.1, 0.15) is 0 Å². The lowest BCUT2D eigenvalue weighted by atomic mass is 10.1. The van der Waals surface area contributed by atoms with E-state index >= 15 is 0 Å². The van der Waals surface area contributed by atoms with Gasteiger partial charge in [0, 0.05) is 18.6 Å². The van der Waals surface area contributed by atoms with Gasteiger partial charge in [-0.2, -0.15) is 0 Å². The molecule has 0 aromatic carbocycles. The van der Waals surface area contributed by atoms with Crippen molar-refractivity contribution >= 4 is 5.95 Å². The summed E-state index contributed by atoms with van der Waals surface area (Å²) in [4.78, 5) is 8.27. The van der Waals surface area contributed by atoms with Gasteiger partial charge in [0.15, 0.2) is 0 Å². The molecular formula is C11H14N4. The molecule has 2 N–H and O–H groups in total. The zero-order valence-corrected chi connectivity index (χ0v) is 8.88. The second-order valence-electron chi connectivity index (χ2n) is 3.61. The summed E-state index contributed by atoms with van der Waals surface area (Å²) in [5.41, 5.74) is 7.87. The summed E-state index contributed by atoms with van der Waals surface area (Å²) in [5, 5.41) is 0. The Bertz CT molecular complexity index is 447. The molecular weight excluding hydrogens is 188 g/mol. The first-order valence-corrected chi connectivity index (χ1v) is 4.89. The van der Waals surface area contributed by atoms with Crippen LogP contribution in [0.4, 0.5) is 5.95 Å². The number of pyridine rings is 1. The molecule has 0 bridgehead atoms. The number of nitrogens with zero attached hydrogens (tertiary/aromatic N) is 3. The molecule has 0 amide bonds. The van der Waals surface area contributed by atoms with Crippen LogP contribution < -0.4 is 5.73 Å². The highest BCUT2D eigenvalue weighted by atomic mass is 15.2. The Hall–Kier alpha value is -1.84. The molecule has 4 nitrogen and oxygen atoms in total. The smallest absolute Gasteiger partial charge is 0.200 e. The van der Waals surface area contributed by atoms with Crippen LogP contribution in [0.5, 0.6) is 0 Å². The van der Waals surface area contributed by atoms with E-state index in [-0.39, 0.29) is 6.04 Å². The molecule has 2 aromatic rings. The van der Waals surface area contributed by atoms with Crippen LogP contribution in [-0.4, -0.2) is 14.5 Å². The second-order valence-corrected chi connectivity index (χ2v) is 3.61. The first-order valence-electron chi connectivity index (χ1n) is 4.89. The standard InChI is InChI=1S/C11H14N4/c1-8-7-15(11(12)14-8)9(2)10-4-3-5-13-6-10/h3-7,9H,1-2H3,(H2,12,14). The normalized spacial score (nSPS) is 12.7. The Kier molecular flexibility index (Phi) is 2.41. The summed E-state index contributed by atoms with van der Waals surface area (Å²) in [6, 6.07) is 4.12. The van der Waals surface area contributed by atoms with E-state index in [1.807, 2.05) is 36.0 Å². The van der Waals surface area contributed by atoms with Crippen LogP contribution in [0.15, 0.2) is 30.7 Å². The van der Waals surface area contributed by atoms with Crippen LogP contribution >= 0.6 is 0 Å². The molecule has 4 heteroatoms. The molecule has 2 aromatic heterocycles. The number of nitrogen functional groups attached to an aromatic ring is 1. The molecule has 0 aliphatic heterocycles. The van der Waals surface area contributed by atoms with E-state index in [4.69, 9.17) is 5.73 Å². The van der Waals surface area contributed by atoms with Gasteiger partial charge in [0.2, 0.25) is 5.95 Å². The quantitative estimate of drug-likeness (QED) is 0.807. The third-order valence-corrected chi connectivity index (χ3v) is 2.47. The van der Waals surface area contributed by atoms with Crippen molar-refractivity contribution < 1.29 is 0 Å². The summed E-state index contributed by atoms with van der Waals surface area (Å²) in [6.45, 7) is 4.01. The molecule has 0 aliphatic rings. The summed E-state index contributed by atoms with van der Waals surface area (Å²) in [5.74, 6) is 0.545. The number of imidazole rings is 1. The average Bonchev–Trinajstić information content (AvgIpc) is 2.58. The van der Waals surface area contributed by atoms with Gasteiger partial charge >= 0.3 is 0 Å². The minimum atomic E-state index is 0.167. The lowest BCUT2D eigenvalue weighted by Crippen LogP contribution is -2.09. The van der Waals surface area contributed by atoms with Gasteiger partial charge in [0.05, 0.1) is 11.7 Å². The third-order valence-electron chi connectivity index (χ3n) is 2.47. The highest BCUT2D eigenvalue weighted by molar-refractivity contribution is 5.26. The number of rotatable bonds is 2. The van der Waals surface area contributed by atoms with Crippen LogP contribution in [0.1, 0.15) is 24.2 Å². The van der Waals surface area contributed by atoms with Crippen molar-refractivity contribution in [3.8, 4) is 0 Å². The van der Waals surface area contributed by atoms with Crippen molar-refractivity contribution in [3.05, 3.63) is 42.0 Å². The molecule has 15 heavy (non-hydrogen) atoms. The number of hydrogen-bond acceptors (Lipinski definition) is 3. The van der Waals surface area contributed by atoms with Gasteiger partial charge in [-0.25, -0.2) is 4.98 Å². The fraction of sp³-hybridized carbons (Fsp3) is 0.273. The molecule has 0 saturated heterocycles. The zero-order chi connectivity index (χ0) is 10.8. The van der Waals surface area contributed by atoms with Gasteiger partial charge in [-0.1, -0.05) is 6.07 Å². The molecule has 0 fully saturated rings. The van der Waals surface area contributed by atoms with Crippen molar-refractivity contribution in [2.45, 2.75) is 19.9 Å². The van der Waals surface area contributed by atoms with Crippen LogP contribution in [0.2, 0.25) is 0 Å². The van der Waals surface area contributed by atoms with Crippen LogP contribution in [0, 0.1) is 6.92 Å². The molecule has 0 aliphatic carbocycles. The Morgan fingerprint density at radius 2 is 2.27 bits per heavy atom. The van der Waals surface area contributed by atoms with Crippen molar-refractivity contribution in [2.75, 3.05) is 5.73 Å². The number of hydrogen-bond donors (Lipinski definition) is 1. The Labute approximate surface area is 88.8 Å². The van der Waals surface area contributed by atoms with Crippen LogP contribution in [0.3, 0.4) is 0 Å². The number of aromatic nitrogens is 3. The summed E-state index contributed by atoms with van der Waals surface area (Å²) < 4.78 is 1.95. The van der Waals surface area contributed by atoms with Crippen molar-refractivity contribution in [1.82, 2.24) is 14.5 Å². The summed E-state index contributed by atoms with van der Waals surface area (Å²) in [7, 11) is 0. The minimum Gasteiger partial charge on any atom is -0.369 e. The first-order chi connectivity index (χ1) is 7.18. The van der Waals surface area contributed by atoms with E-state index in [1.54, 1.807) is 6.20 Å². The maximum absolute atomic E-state index is 5.81. The van der Waals surface area contributed by atoms with Crippen molar-refractivity contribution in [3.63, 3.8) is 0 Å². The van der Waals surface area contributed by atoms with Gasteiger partial charge in [0.25, 0.3) is 0 Å². The minimum absolute atomic E-state index is 0.167. The molecule has 0 saturated carbocycles. The van der Waals surface area contributed by atoms with Gasteiger partial charge < -0.3 is 10.3 Å². The lowest BCUT2D eigenvalue weighted by Gasteiger charge is -2.14. The van der Waals surface area contributed by atoms with Gasteiger partial charge in [-0.15, -0.1) is 0 Å². The molecule has 2 heterocycles. The van der Waals surface area contributed by atoms with Crippen molar-refractivity contribution in [1.29, 1.82) is 0 Å². The number of anilines is 1. The van der Waals surface area contributed by atoms with Crippen LogP contribution in [-0.2, 0) is 0 Å². The highest BCUT2D eigenvalue weighted by Crippen LogP contribution is 2.20. The topological polar surface area (TPSA) is 56.7 Å². The molecule has 1 unspecified atom stereocenters. The molecule has 1 atom stereocenters. The predicted octanol–water partition coefficient (Wildman–Crippen LogP) is 1.78. The second kappa shape index (κ2) is 3.73. The third kappa shape index (κ3) is 1.83. The van der Waals surface area contributed by atoms with E-state index < -0.39 is 0 Å². The summed E-state index contributed by atoms with van der Waals surface area (Å²) in [6.07, 6.45) is 5.56. The van der Waals surface area contributed by atoms with Crippen molar-refractivity contribution in [2.24, 2.45) is 0 Å². The Balaban J connectivity index is 2.36. The maximum atomic E-state index is 5.81. The van der Waals surface area contributed by atoms with Gasteiger partial charge in [-0.05, 0) is 25.5 Å². The largest absolute Gasteiger partial charge is 0.369 e. The van der Waals surface area contributed by atoms with E-state index in [0.717, 1.165) is 11.3 Å². The molecule has 0 spiro atoms. The highest BCUT2D eigenvalue weighted by Gasteiger charge is 2.11. The maximum Gasteiger partial charge on any atom is 0.200 e. The SMILES string of the molecule is Cc1cn(C(C)c2cccnc2)c(N)n1. The van der Waals surface area contributed by atoms with E-state index in [2.05, 4.69) is 16.9 Å². The molecule has 0 radical (unpaired) electrons. The fourth-order valence-electron chi connectivity index (χ4n) is 1.63. The number of aryl methyl sites for hydroxylation is 1. The van der Waals surface area contributed by atoms with E-state index in [0.29, 0.717) is 5.95 Å². The van der Waals surface area contributed by atoms with E-state index in [1.165, 1.54) is 0 Å². The lowest BCUT2D eigenvalue weighted by molar-refractivity contribution is 0.645. The average molecular weight is 202 g/mol. The van der Waals surface area contributed by atoms with E-state index in [9.17, 15) is 0 Å². The fourth-order valence-corrected chi connectivity index (χ4v) is 1.63. The molecule has 2 rings (SSSR count). The molecule has 78 valence electrons. The predicted molar refractivity (Wildman–Crippen MR) is 59.4 cm³/mol. The Morgan fingerprint density at radius 1 is 1.47 bits per heavy atom. The first kappa shape index (κ1) is 9.71. The Morgan fingerprint density at radius 3 is 2.80 bits per heavy atom. The van der Waals surface area contributed by atoms with Crippen LogP contribution in [0.25, 0.3) is 0 Å². The monoisotopic (exact) mass is 202 g/mol. The number of nitrogens with two attached hydrogens (primary N) is 1. The van der Waals surface area contributed by atoms with Gasteiger partial charge in [-0.3, -0.25) is 4.98 Å².